The maximum absolute atomic E-state index is 11.4. The summed E-state index contributed by atoms with van der Waals surface area (Å²) in [7, 11) is 0. The van der Waals surface area contributed by atoms with Gasteiger partial charge in [0.25, 0.3) is 0 Å². The number of carbonyl (C=O) groups excluding carboxylic acids is 1. The third-order valence-electron chi connectivity index (χ3n) is 5.86. The summed E-state index contributed by atoms with van der Waals surface area (Å²) in [6.45, 7) is 1.69. The molecule has 1 aromatic heterocycles. The van der Waals surface area contributed by atoms with Gasteiger partial charge in [-0.15, -0.1) is 0 Å². The summed E-state index contributed by atoms with van der Waals surface area (Å²) < 4.78 is 0. The van der Waals surface area contributed by atoms with Crippen LogP contribution in [0.1, 0.15) is 50.0 Å². The van der Waals surface area contributed by atoms with E-state index in [4.69, 9.17) is 5.73 Å². The minimum atomic E-state index is -0.179. The summed E-state index contributed by atoms with van der Waals surface area (Å²) in [5, 5.41) is 0. The van der Waals surface area contributed by atoms with E-state index in [1.54, 1.807) is 0 Å². The Morgan fingerprint density at radius 2 is 2.19 bits per heavy atom. The molecule has 1 amide bonds. The maximum Gasteiger partial charge on any atom is 0.222 e. The Hall–Kier alpha value is -1.58. The van der Waals surface area contributed by atoms with E-state index in [2.05, 4.69) is 28.2 Å². The molecule has 0 bridgehead atoms. The van der Waals surface area contributed by atoms with Crippen molar-refractivity contribution in [3.63, 3.8) is 0 Å². The number of anilines is 1. The van der Waals surface area contributed by atoms with Crippen LogP contribution in [0.4, 0.5) is 5.82 Å². The molecule has 2 saturated carbocycles. The molecular weight excluding hydrogens is 262 g/mol. The van der Waals surface area contributed by atoms with Crippen molar-refractivity contribution < 1.29 is 4.79 Å². The number of hydrogen-bond donors (Lipinski definition) is 1. The predicted molar refractivity (Wildman–Crippen MR) is 82.0 cm³/mol. The molecule has 4 rings (SSSR count). The van der Waals surface area contributed by atoms with Crippen molar-refractivity contribution in [2.24, 2.45) is 17.1 Å². The summed E-state index contributed by atoms with van der Waals surface area (Å²) in [6, 6.07) is 4.37. The normalized spacial score (nSPS) is 30.0. The van der Waals surface area contributed by atoms with Crippen molar-refractivity contribution in [3.8, 4) is 0 Å². The molecule has 4 heteroatoms. The Bertz CT molecular complexity index is 550. The molecule has 3 fully saturated rings. The van der Waals surface area contributed by atoms with Gasteiger partial charge in [-0.25, -0.2) is 4.98 Å². The van der Waals surface area contributed by atoms with Crippen LogP contribution in [0, 0.1) is 11.3 Å². The van der Waals surface area contributed by atoms with Gasteiger partial charge in [-0.1, -0.05) is 12.5 Å². The lowest BCUT2D eigenvalue weighted by molar-refractivity contribution is -0.122. The number of nitrogens with two attached hydrogens (primary N) is 1. The molecule has 2 heterocycles. The summed E-state index contributed by atoms with van der Waals surface area (Å²) in [6.07, 6.45) is 9.57. The average molecular weight is 285 g/mol. The topological polar surface area (TPSA) is 59.2 Å². The van der Waals surface area contributed by atoms with E-state index in [9.17, 15) is 4.79 Å². The fourth-order valence-corrected chi connectivity index (χ4v) is 4.21. The van der Waals surface area contributed by atoms with Crippen LogP contribution in [-0.2, 0) is 4.79 Å². The highest BCUT2D eigenvalue weighted by molar-refractivity contribution is 5.77. The average Bonchev–Trinajstić information content (AvgIpc) is 3.24. The van der Waals surface area contributed by atoms with Crippen molar-refractivity contribution in [2.45, 2.75) is 44.4 Å². The fourth-order valence-electron chi connectivity index (χ4n) is 4.21. The van der Waals surface area contributed by atoms with Gasteiger partial charge in [0, 0.05) is 19.3 Å². The molecule has 2 atom stereocenters. The van der Waals surface area contributed by atoms with Gasteiger partial charge < -0.3 is 10.6 Å². The van der Waals surface area contributed by atoms with E-state index in [-0.39, 0.29) is 11.8 Å². The number of piperidine rings is 1. The first-order valence-electron chi connectivity index (χ1n) is 8.18. The monoisotopic (exact) mass is 285 g/mol. The van der Waals surface area contributed by atoms with Crippen LogP contribution in [0.2, 0.25) is 0 Å². The third kappa shape index (κ3) is 2.21. The van der Waals surface area contributed by atoms with Gasteiger partial charge >= 0.3 is 0 Å². The highest BCUT2D eigenvalue weighted by Gasteiger charge is 2.57. The van der Waals surface area contributed by atoms with E-state index in [1.165, 1.54) is 31.2 Å². The second-order valence-corrected chi connectivity index (χ2v) is 7.11. The van der Waals surface area contributed by atoms with Gasteiger partial charge in [0.1, 0.15) is 5.82 Å². The van der Waals surface area contributed by atoms with Crippen molar-refractivity contribution >= 4 is 11.7 Å². The highest BCUT2D eigenvalue weighted by Crippen LogP contribution is 2.70. The summed E-state index contributed by atoms with van der Waals surface area (Å²) in [5.41, 5.74) is 7.51. The first kappa shape index (κ1) is 13.1. The first-order valence-corrected chi connectivity index (χ1v) is 8.18. The van der Waals surface area contributed by atoms with Crippen LogP contribution in [0.15, 0.2) is 18.3 Å². The molecule has 3 aliphatic rings. The van der Waals surface area contributed by atoms with Gasteiger partial charge in [-0.2, -0.15) is 0 Å². The van der Waals surface area contributed by atoms with Crippen LogP contribution >= 0.6 is 0 Å². The lowest BCUT2D eigenvalue weighted by atomic mass is 9.79. The molecule has 1 saturated heterocycles. The predicted octanol–water partition coefficient (Wildman–Crippen LogP) is 2.44. The zero-order valence-electron chi connectivity index (χ0n) is 12.4. The number of carbonyl (C=O) groups is 1. The van der Waals surface area contributed by atoms with Crippen molar-refractivity contribution in [2.75, 3.05) is 18.0 Å². The van der Waals surface area contributed by atoms with Gasteiger partial charge in [-0.05, 0) is 55.1 Å². The molecule has 21 heavy (non-hydrogen) atoms. The zero-order valence-corrected chi connectivity index (χ0v) is 12.4. The van der Waals surface area contributed by atoms with Crippen LogP contribution in [0.3, 0.4) is 0 Å². The molecular formula is C17H23N3O. The molecule has 0 radical (unpaired) electrons. The Morgan fingerprint density at radius 3 is 2.76 bits per heavy atom. The van der Waals surface area contributed by atoms with E-state index in [0.29, 0.717) is 5.41 Å². The van der Waals surface area contributed by atoms with Crippen LogP contribution < -0.4 is 10.6 Å². The summed E-state index contributed by atoms with van der Waals surface area (Å²) >= 11 is 0. The van der Waals surface area contributed by atoms with Crippen molar-refractivity contribution in [1.29, 1.82) is 0 Å². The van der Waals surface area contributed by atoms with Gasteiger partial charge in [-0.3, -0.25) is 4.79 Å². The zero-order chi connectivity index (χ0) is 14.4. The summed E-state index contributed by atoms with van der Waals surface area (Å²) in [5.74, 6) is 1.55. The van der Waals surface area contributed by atoms with Gasteiger partial charge in [0.05, 0.1) is 5.92 Å². The SMILES string of the molecule is NC(=O)C1CCCN(c2ccc(C3CC34CCC4)cn2)C1. The van der Waals surface area contributed by atoms with E-state index < -0.39 is 0 Å². The Morgan fingerprint density at radius 1 is 1.33 bits per heavy atom. The molecule has 4 nitrogen and oxygen atoms in total. The number of nitrogens with zero attached hydrogens (tertiary/aromatic N) is 2. The number of primary amides is 1. The molecule has 1 spiro atoms. The van der Waals surface area contributed by atoms with Crippen molar-refractivity contribution in [3.05, 3.63) is 23.9 Å². The minimum Gasteiger partial charge on any atom is -0.369 e. The second kappa shape index (κ2) is 4.72. The van der Waals surface area contributed by atoms with Crippen LogP contribution in [-0.4, -0.2) is 24.0 Å². The third-order valence-corrected chi connectivity index (χ3v) is 5.86. The molecule has 0 aromatic carbocycles. The number of amides is 1. The van der Waals surface area contributed by atoms with Gasteiger partial charge in [0.15, 0.2) is 0 Å². The van der Waals surface area contributed by atoms with Crippen LogP contribution in [0.5, 0.6) is 0 Å². The number of pyridine rings is 1. The molecule has 2 aliphatic carbocycles. The van der Waals surface area contributed by atoms with Crippen molar-refractivity contribution in [1.82, 2.24) is 4.98 Å². The van der Waals surface area contributed by atoms with Gasteiger partial charge in [0.2, 0.25) is 5.91 Å². The second-order valence-electron chi connectivity index (χ2n) is 7.11. The number of aromatic nitrogens is 1. The first-order chi connectivity index (χ1) is 10.2. The number of hydrogen-bond acceptors (Lipinski definition) is 3. The van der Waals surface area contributed by atoms with Crippen LogP contribution in [0.25, 0.3) is 0 Å². The Kier molecular flexibility index (Phi) is 2.95. The molecule has 1 aromatic rings. The molecule has 1 aliphatic heterocycles. The smallest absolute Gasteiger partial charge is 0.222 e. The molecule has 2 unspecified atom stereocenters. The maximum atomic E-state index is 11.4. The largest absolute Gasteiger partial charge is 0.369 e. The fraction of sp³-hybridized carbons (Fsp3) is 0.647. The number of rotatable bonds is 3. The van der Waals surface area contributed by atoms with E-state index >= 15 is 0 Å². The van der Waals surface area contributed by atoms with E-state index in [1.807, 2.05) is 0 Å². The van der Waals surface area contributed by atoms with E-state index in [0.717, 1.165) is 37.7 Å². The minimum absolute atomic E-state index is 0.0260. The Balaban J connectivity index is 1.45. The molecule has 2 N–H and O–H groups in total. The standard InChI is InChI=1S/C17H23N3O/c18-16(21)13-3-1-8-20(11-13)15-5-4-12(10-19-15)14-9-17(14)6-2-7-17/h4-5,10,13-14H,1-3,6-9,11H2,(H2,18,21). The summed E-state index contributed by atoms with van der Waals surface area (Å²) in [4.78, 5) is 18.2. The highest BCUT2D eigenvalue weighted by atomic mass is 16.1. The lowest BCUT2D eigenvalue weighted by Crippen LogP contribution is -2.41. The molecule has 112 valence electrons. The quantitative estimate of drug-likeness (QED) is 0.928. The Labute approximate surface area is 125 Å². The lowest BCUT2D eigenvalue weighted by Gasteiger charge is -2.32.